The van der Waals surface area contributed by atoms with E-state index in [1.54, 1.807) is 17.2 Å². The number of benzene rings is 1. The van der Waals surface area contributed by atoms with E-state index in [2.05, 4.69) is 32.7 Å². The van der Waals surface area contributed by atoms with Gasteiger partial charge in [-0.2, -0.15) is 0 Å². The number of esters is 1. The van der Waals surface area contributed by atoms with Crippen molar-refractivity contribution in [1.29, 1.82) is 0 Å². The maximum absolute atomic E-state index is 14.0. The smallest absolute Gasteiger partial charge is 0.350 e. The van der Waals surface area contributed by atoms with Crippen LogP contribution in [-0.4, -0.2) is 24.0 Å². The highest BCUT2D eigenvalue weighted by molar-refractivity contribution is 7.14. The third kappa shape index (κ3) is 5.78. The number of thiophene rings is 1. The van der Waals surface area contributed by atoms with E-state index in [9.17, 15) is 9.59 Å². The van der Waals surface area contributed by atoms with Crippen LogP contribution in [-0.2, 0) is 14.9 Å². The zero-order chi connectivity index (χ0) is 25.9. The van der Waals surface area contributed by atoms with E-state index in [4.69, 9.17) is 9.47 Å². The van der Waals surface area contributed by atoms with Crippen LogP contribution in [0, 0.1) is 11.8 Å². The average Bonchev–Trinajstić information content (AvgIpc) is 3.31. The lowest BCUT2D eigenvalue weighted by Crippen LogP contribution is -2.35. The van der Waals surface area contributed by atoms with Gasteiger partial charge in [0.2, 0.25) is 11.8 Å². The van der Waals surface area contributed by atoms with Crippen LogP contribution in [0.2, 0.25) is 0 Å². The van der Waals surface area contributed by atoms with Crippen LogP contribution in [0.3, 0.4) is 0 Å². The fourth-order valence-corrected chi connectivity index (χ4v) is 5.54. The number of pyridine rings is 1. The predicted molar refractivity (Wildman–Crippen MR) is 143 cm³/mol. The zero-order valence-corrected chi connectivity index (χ0v) is 22.4. The third-order valence-electron chi connectivity index (χ3n) is 6.60. The van der Waals surface area contributed by atoms with E-state index in [0.29, 0.717) is 33.8 Å². The van der Waals surface area contributed by atoms with E-state index in [1.807, 2.05) is 42.5 Å². The molecule has 0 N–H and O–H groups in total. The summed E-state index contributed by atoms with van der Waals surface area (Å²) < 4.78 is 11.0. The van der Waals surface area contributed by atoms with Crippen molar-refractivity contribution in [3.05, 3.63) is 64.5 Å². The number of methoxy groups -OCH3 is 1. The molecule has 2 heterocycles. The molecule has 1 saturated carbocycles. The number of amides is 1. The van der Waals surface area contributed by atoms with Crippen molar-refractivity contribution in [2.24, 2.45) is 11.8 Å². The first-order chi connectivity index (χ1) is 17.2. The van der Waals surface area contributed by atoms with Crippen molar-refractivity contribution < 1.29 is 19.1 Å². The standard InChI is InChI=1S/C29H34N2O4S/c1-19-9-11-20(12-10-19)27(32)31(23-18-24(29(2,3)4)36-26(23)28(33)34-5)21-13-15-22(16-14-21)35-25-8-6-7-17-30-25/h6-8,13-20H,9-12H2,1-5H3. The lowest BCUT2D eigenvalue weighted by Gasteiger charge is -2.31. The minimum atomic E-state index is -0.435. The zero-order valence-electron chi connectivity index (χ0n) is 21.6. The second kappa shape index (κ2) is 10.8. The fraction of sp³-hybridized carbons (Fsp3) is 0.414. The number of aromatic nitrogens is 1. The van der Waals surface area contributed by atoms with Crippen LogP contribution in [0.15, 0.2) is 54.7 Å². The Morgan fingerprint density at radius 3 is 2.31 bits per heavy atom. The number of carbonyl (C=O) groups is 2. The van der Waals surface area contributed by atoms with Crippen molar-refractivity contribution in [3.63, 3.8) is 0 Å². The minimum absolute atomic E-state index is 0.0173. The van der Waals surface area contributed by atoms with Crippen LogP contribution in [0.1, 0.15) is 67.9 Å². The van der Waals surface area contributed by atoms with Crippen molar-refractivity contribution in [2.45, 2.75) is 58.8 Å². The fourth-order valence-electron chi connectivity index (χ4n) is 4.42. The Morgan fingerprint density at radius 1 is 1.03 bits per heavy atom. The molecule has 0 radical (unpaired) electrons. The van der Waals surface area contributed by atoms with E-state index < -0.39 is 5.97 Å². The highest BCUT2D eigenvalue weighted by Crippen LogP contribution is 2.42. The van der Waals surface area contributed by atoms with Crippen molar-refractivity contribution in [3.8, 4) is 11.6 Å². The van der Waals surface area contributed by atoms with Gasteiger partial charge in [-0.05, 0) is 73.4 Å². The Bertz CT molecular complexity index is 1190. The molecule has 1 amide bonds. The lowest BCUT2D eigenvalue weighted by atomic mass is 9.82. The first-order valence-electron chi connectivity index (χ1n) is 12.4. The number of rotatable bonds is 6. The average molecular weight is 507 g/mol. The Morgan fingerprint density at radius 2 is 1.72 bits per heavy atom. The third-order valence-corrected chi connectivity index (χ3v) is 8.13. The molecular weight excluding hydrogens is 472 g/mol. The summed E-state index contributed by atoms with van der Waals surface area (Å²) >= 11 is 1.39. The minimum Gasteiger partial charge on any atom is -0.465 e. The summed E-state index contributed by atoms with van der Waals surface area (Å²) in [6.07, 6.45) is 5.43. The largest absolute Gasteiger partial charge is 0.465 e. The van der Waals surface area contributed by atoms with Crippen molar-refractivity contribution in [1.82, 2.24) is 4.98 Å². The predicted octanol–water partition coefficient (Wildman–Crippen LogP) is 7.51. The molecule has 0 atom stereocenters. The molecule has 1 aromatic carbocycles. The first kappa shape index (κ1) is 25.9. The lowest BCUT2D eigenvalue weighted by molar-refractivity contribution is -0.122. The van der Waals surface area contributed by atoms with Gasteiger partial charge in [-0.3, -0.25) is 9.69 Å². The van der Waals surface area contributed by atoms with Crippen molar-refractivity contribution in [2.75, 3.05) is 12.0 Å². The van der Waals surface area contributed by atoms with Crippen LogP contribution < -0.4 is 9.64 Å². The van der Waals surface area contributed by atoms with Crippen LogP contribution in [0.4, 0.5) is 11.4 Å². The highest BCUT2D eigenvalue weighted by Gasteiger charge is 2.34. The van der Waals surface area contributed by atoms with Crippen LogP contribution >= 0.6 is 11.3 Å². The molecule has 4 rings (SSSR count). The molecule has 0 spiro atoms. The Kier molecular flexibility index (Phi) is 7.79. The maximum Gasteiger partial charge on any atom is 0.350 e. The van der Waals surface area contributed by atoms with E-state index in [-0.39, 0.29) is 17.2 Å². The molecule has 0 aliphatic heterocycles. The molecule has 1 aliphatic rings. The van der Waals surface area contributed by atoms with Gasteiger partial charge in [-0.15, -0.1) is 11.3 Å². The molecule has 6 nitrogen and oxygen atoms in total. The van der Waals surface area contributed by atoms with Gasteiger partial charge in [0, 0.05) is 28.7 Å². The molecule has 36 heavy (non-hydrogen) atoms. The Labute approximate surface area is 217 Å². The van der Waals surface area contributed by atoms with Gasteiger partial charge in [0.1, 0.15) is 10.6 Å². The molecular formula is C29H34N2O4S. The summed E-state index contributed by atoms with van der Waals surface area (Å²) in [7, 11) is 1.38. The van der Waals surface area contributed by atoms with Crippen molar-refractivity contribution >= 4 is 34.6 Å². The summed E-state index contributed by atoms with van der Waals surface area (Å²) in [6.45, 7) is 8.54. The van der Waals surface area contributed by atoms with Gasteiger partial charge < -0.3 is 9.47 Å². The Balaban J connectivity index is 1.75. The van der Waals surface area contributed by atoms with Gasteiger partial charge in [0.25, 0.3) is 0 Å². The molecule has 190 valence electrons. The van der Waals surface area contributed by atoms with Crippen LogP contribution in [0.5, 0.6) is 11.6 Å². The van der Waals surface area contributed by atoms with E-state index >= 15 is 0 Å². The summed E-state index contributed by atoms with van der Waals surface area (Å²) in [5.74, 6) is 1.23. The number of carbonyl (C=O) groups excluding carboxylic acids is 2. The molecule has 7 heteroatoms. The molecule has 0 bridgehead atoms. The molecule has 1 fully saturated rings. The summed E-state index contributed by atoms with van der Waals surface area (Å²) in [4.78, 5) is 34.2. The number of ether oxygens (including phenoxy) is 2. The number of hydrogen-bond donors (Lipinski definition) is 0. The molecule has 1 aliphatic carbocycles. The monoisotopic (exact) mass is 506 g/mol. The quantitative estimate of drug-likeness (QED) is 0.324. The maximum atomic E-state index is 14.0. The van der Waals surface area contributed by atoms with Gasteiger partial charge in [-0.1, -0.05) is 33.8 Å². The molecule has 0 saturated heterocycles. The molecule has 2 aromatic heterocycles. The van der Waals surface area contributed by atoms with Gasteiger partial charge in [0.15, 0.2) is 0 Å². The number of anilines is 2. The number of nitrogens with zero attached hydrogens (tertiary/aromatic N) is 2. The summed E-state index contributed by atoms with van der Waals surface area (Å²) in [6, 6.07) is 14.8. The van der Waals surface area contributed by atoms with Gasteiger partial charge >= 0.3 is 5.97 Å². The van der Waals surface area contributed by atoms with E-state index in [0.717, 1.165) is 30.6 Å². The Hall–Kier alpha value is -3.19. The second-order valence-corrected chi connectivity index (χ2v) is 11.5. The molecule has 0 unspecified atom stereocenters. The number of hydrogen-bond acceptors (Lipinski definition) is 6. The van der Waals surface area contributed by atoms with Gasteiger partial charge in [0.05, 0.1) is 12.8 Å². The van der Waals surface area contributed by atoms with E-state index in [1.165, 1.54) is 18.4 Å². The van der Waals surface area contributed by atoms with Gasteiger partial charge in [-0.25, -0.2) is 9.78 Å². The second-order valence-electron chi connectivity index (χ2n) is 10.5. The summed E-state index contributed by atoms with van der Waals surface area (Å²) in [5.41, 5.74) is 1.09. The highest BCUT2D eigenvalue weighted by atomic mass is 32.1. The first-order valence-corrected chi connectivity index (χ1v) is 13.2. The topological polar surface area (TPSA) is 68.7 Å². The SMILES string of the molecule is COC(=O)c1sc(C(C)(C)C)cc1N(C(=O)C1CCC(C)CC1)c1ccc(Oc2ccccn2)cc1. The summed E-state index contributed by atoms with van der Waals surface area (Å²) in [5, 5.41) is 0. The normalized spacial score (nSPS) is 17.9. The molecule has 3 aromatic rings. The van der Waals surface area contributed by atoms with Crippen LogP contribution in [0.25, 0.3) is 0 Å².